The molecule has 3 N–H and O–H groups in total. The zero-order chi connectivity index (χ0) is 32.1. The summed E-state index contributed by atoms with van der Waals surface area (Å²) < 4.78 is 84.3. The molecule has 1 aromatic carbocycles. The fourth-order valence-electron chi connectivity index (χ4n) is 7.34. The summed E-state index contributed by atoms with van der Waals surface area (Å²) in [4.78, 5) is 13.4. The molecule has 13 heteroatoms. The van der Waals surface area contributed by atoms with Gasteiger partial charge in [0.15, 0.2) is 5.82 Å². The summed E-state index contributed by atoms with van der Waals surface area (Å²) in [7, 11) is 0. The van der Waals surface area contributed by atoms with Gasteiger partial charge < -0.3 is 25.2 Å². The van der Waals surface area contributed by atoms with E-state index in [9.17, 15) is 22.7 Å². The van der Waals surface area contributed by atoms with E-state index in [-0.39, 0.29) is 32.2 Å². The number of halogens is 5. The summed E-state index contributed by atoms with van der Waals surface area (Å²) in [6, 6.07) is 0.900. The van der Waals surface area contributed by atoms with Gasteiger partial charge in [-0.15, -0.1) is 5.92 Å². The summed E-state index contributed by atoms with van der Waals surface area (Å²) >= 11 is 0. The quantitative estimate of drug-likeness (QED) is 0.263. The first-order chi connectivity index (χ1) is 21.3. The van der Waals surface area contributed by atoms with E-state index in [1.54, 1.807) is 6.92 Å². The molecule has 45 heavy (non-hydrogen) atoms. The molecule has 8 nitrogen and oxygen atoms in total. The van der Waals surface area contributed by atoms with Crippen molar-refractivity contribution in [2.45, 2.75) is 82.4 Å². The highest BCUT2D eigenvalue weighted by Gasteiger charge is 2.48. The number of rotatable bonds is 5. The van der Waals surface area contributed by atoms with E-state index >= 15 is 4.39 Å². The Hall–Kier alpha value is -3.47. The van der Waals surface area contributed by atoms with Gasteiger partial charge in [0.2, 0.25) is 0 Å². The molecular formula is C32H36F5N5O3. The lowest BCUT2D eigenvalue weighted by Gasteiger charge is -2.39. The van der Waals surface area contributed by atoms with Crippen molar-refractivity contribution in [2.24, 2.45) is 0 Å². The number of fused-ring (bicyclic) bond motifs is 2. The maximum Gasteiger partial charge on any atom is 0.418 e. The van der Waals surface area contributed by atoms with Crippen molar-refractivity contribution in [3.05, 3.63) is 51.7 Å². The van der Waals surface area contributed by atoms with Crippen LogP contribution in [-0.2, 0) is 23.9 Å². The van der Waals surface area contributed by atoms with E-state index < -0.39 is 51.6 Å². The fraction of sp³-hybridized carbons (Fsp3) is 0.562. The third-order valence-corrected chi connectivity index (χ3v) is 9.34. The third-order valence-electron chi connectivity index (χ3n) is 9.34. The second-order valence-electron chi connectivity index (χ2n) is 12.8. The highest BCUT2D eigenvalue weighted by Crippen LogP contribution is 2.45. The van der Waals surface area contributed by atoms with Gasteiger partial charge in [-0.2, -0.15) is 23.1 Å². The smallest absolute Gasteiger partial charge is 0.418 e. The molecule has 3 saturated heterocycles. The van der Waals surface area contributed by atoms with Crippen LogP contribution in [0.2, 0.25) is 0 Å². The monoisotopic (exact) mass is 633 g/mol. The lowest BCUT2D eigenvalue weighted by atomic mass is 9.90. The maximum absolute atomic E-state index is 15.5. The minimum Gasteiger partial charge on any atom is -0.461 e. The van der Waals surface area contributed by atoms with Gasteiger partial charge >= 0.3 is 12.2 Å². The van der Waals surface area contributed by atoms with Gasteiger partial charge in [0, 0.05) is 42.7 Å². The average Bonchev–Trinajstić information content (AvgIpc) is 3.53. The Morgan fingerprint density at radius 3 is 2.73 bits per heavy atom. The van der Waals surface area contributed by atoms with Crippen molar-refractivity contribution >= 4 is 11.5 Å². The zero-order valence-electron chi connectivity index (χ0n) is 25.2. The number of alkyl halides is 3. The fourth-order valence-corrected chi connectivity index (χ4v) is 7.34. The normalized spacial score (nSPS) is 27.7. The predicted molar refractivity (Wildman–Crippen MR) is 157 cm³/mol. The summed E-state index contributed by atoms with van der Waals surface area (Å²) in [6.07, 6.45) is -2.30. The maximum atomic E-state index is 15.5. The number of aromatic nitrogens is 2. The molecule has 0 spiro atoms. The Labute approximate surface area is 258 Å². The zero-order valence-corrected chi connectivity index (χ0v) is 25.2. The number of hydrogen-bond acceptors (Lipinski definition) is 8. The first kappa shape index (κ1) is 31.5. The number of nitrogens with two attached hydrogens (primary N) is 1. The molecule has 0 saturated carbocycles. The Balaban J connectivity index is 1.40. The summed E-state index contributed by atoms with van der Waals surface area (Å²) in [5.41, 5.74) is 3.17. The second-order valence-corrected chi connectivity index (χ2v) is 12.8. The SMILES string of the molecule is CC#Cc1cc(N)c(F)c(C2Cc3nc(OC[C@@]45CCCN4C/C(=C/F)C5)nc(N4CCCC(C)(O)C4)c3CO2)c1C(F)(F)F. The molecule has 4 aliphatic rings. The minimum absolute atomic E-state index is 0.00940. The Morgan fingerprint density at radius 1 is 1.24 bits per heavy atom. The van der Waals surface area contributed by atoms with Crippen LogP contribution in [0.3, 0.4) is 0 Å². The van der Waals surface area contributed by atoms with Gasteiger partial charge in [0.05, 0.1) is 47.1 Å². The van der Waals surface area contributed by atoms with Crippen LogP contribution < -0.4 is 15.4 Å². The van der Waals surface area contributed by atoms with Gasteiger partial charge in [-0.05, 0) is 64.1 Å². The molecule has 5 heterocycles. The Kier molecular flexibility index (Phi) is 8.20. The molecule has 242 valence electrons. The van der Waals surface area contributed by atoms with Crippen molar-refractivity contribution in [2.75, 3.05) is 43.4 Å². The number of ether oxygens (including phenoxy) is 2. The Bertz CT molecular complexity index is 1580. The molecule has 4 aliphatic heterocycles. The second kappa shape index (κ2) is 11.7. The van der Waals surface area contributed by atoms with E-state index in [1.807, 2.05) is 4.90 Å². The molecule has 3 fully saturated rings. The minimum atomic E-state index is -4.93. The van der Waals surface area contributed by atoms with Gasteiger partial charge in [-0.1, -0.05) is 5.92 Å². The molecule has 1 aromatic heterocycles. The lowest BCUT2D eigenvalue weighted by molar-refractivity contribution is -0.140. The number of β-amino-alcohol motifs (C(OH)–C–C–N with tert-alkyl or cyclic N) is 1. The lowest BCUT2D eigenvalue weighted by Crippen LogP contribution is -2.47. The summed E-state index contributed by atoms with van der Waals surface area (Å²) in [6.45, 7) is 5.30. The van der Waals surface area contributed by atoms with E-state index in [0.29, 0.717) is 61.3 Å². The predicted octanol–water partition coefficient (Wildman–Crippen LogP) is 5.22. The van der Waals surface area contributed by atoms with E-state index in [1.165, 1.54) is 6.92 Å². The number of anilines is 2. The van der Waals surface area contributed by atoms with Crippen LogP contribution in [0.15, 0.2) is 18.0 Å². The number of nitrogens with zero attached hydrogens (tertiary/aromatic N) is 4. The van der Waals surface area contributed by atoms with Gasteiger partial charge in [0.1, 0.15) is 12.4 Å². The number of aliphatic hydroxyl groups is 1. The van der Waals surface area contributed by atoms with Crippen LogP contribution in [0.1, 0.15) is 80.0 Å². The molecule has 2 unspecified atom stereocenters. The van der Waals surface area contributed by atoms with Crippen molar-refractivity contribution in [1.82, 2.24) is 14.9 Å². The van der Waals surface area contributed by atoms with Crippen molar-refractivity contribution in [3.63, 3.8) is 0 Å². The molecule has 0 bridgehead atoms. The average molecular weight is 634 g/mol. The topological polar surface area (TPSA) is 97.0 Å². The molecule has 0 aliphatic carbocycles. The van der Waals surface area contributed by atoms with E-state index in [2.05, 4.69) is 21.7 Å². The van der Waals surface area contributed by atoms with Gasteiger partial charge in [-0.3, -0.25) is 4.90 Å². The van der Waals surface area contributed by atoms with E-state index in [4.69, 9.17) is 20.2 Å². The van der Waals surface area contributed by atoms with Crippen molar-refractivity contribution in [3.8, 4) is 17.9 Å². The molecule has 0 radical (unpaired) electrons. The van der Waals surface area contributed by atoms with Crippen molar-refractivity contribution in [1.29, 1.82) is 0 Å². The third kappa shape index (κ3) is 5.95. The van der Waals surface area contributed by atoms with Gasteiger partial charge in [-0.25, -0.2) is 8.78 Å². The molecule has 0 amide bonds. The number of nitrogen functional groups attached to an aromatic ring is 1. The Morgan fingerprint density at radius 2 is 2.02 bits per heavy atom. The largest absolute Gasteiger partial charge is 0.461 e. The van der Waals surface area contributed by atoms with Crippen LogP contribution in [0, 0.1) is 17.7 Å². The molecular weight excluding hydrogens is 597 g/mol. The summed E-state index contributed by atoms with van der Waals surface area (Å²) in [5.74, 6) is 4.09. The van der Waals surface area contributed by atoms with E-state index in [0.717, 1.165) is 25.5 Å². The van der Waals surface area contributed by atoms with Crippen LogP contribution in [0.25, 0.3) is 0 Å². The van der Waals surface area contributed by atoms with Crippen LogP contribution in [0.4, 0.5) is 33.5 Å². The standard InChI is InChI=1S/C32H36F5N5O3/c1-3-6-20-11-22(38)27(34)25(26(20)32(35,36)37)24-12-23-21(16-44-24)28(41-9-4-7-30(2,43)17-41)40-29(39-23)45-18-31-8-5-10-42(31)15-19(13-31)14-33/h11,14,24,43H,4-5,7-10,12-13,15-18,38H2,1-2H3/b19-14+/t24?,30?,31-/m0/s1. The molecule has 3 atom stereocenters. The first-order valence-corrected chi connectivity index (χ1v) is 15.1. The van der Waals surface area contributed by atoms with Gasteiger partial charge in [0.25, 0.3) is 0 Å². The van der Waals surface area contributed by atoms with Crippen LogP contribution in [-0.4, -0.2) is 63.9 Å². The highest BCUT2D eigenvalue weighted by molar-refractivity contribution is 5.59. The molecule has 2 aromatic rings. The molecule has 6 rings (SSSR count). The van der Waals surface area contributed by atoms with Crippen LogP contribution in [0.5, 0.6) is 6.01 Å². The number of hydrogen-bond donors (Lipinski definition) is 2. The van der Waals surface area contributed by atoms with Crippen LogP contribution >= 0.6 is 0 Å². The van der Waals surface area contributed by atoms with Crippen molar-refractivity contribution < 1.29 is 36.5 Å². The first-order valence-electron chi connectivity index (χ1n) is 15.1. The highest BCUT2D eigenvalue weighted by atomic mass is 19.4. The number of benzene rings is 1. The summed E-state index contributed by atoms with van der Waals surface area (Å²) in [5, 5.41) is 10.8. The number of piperidine rings is 1.